The third-order valence-electron chi connectivity index (χ3n) is 9.25. The van der Waals surface area contributed by atoms with E-state index in [-0.39, 0.29) is 5.91 Å². The molecule has 4 aromatic rings. The number of aryl methyl sites for hydroxylation is 3. The van der Waals surface area contributed by atoms with Crippen LogP contribution < -0.4 is 10.2 Å². The van der Waals surface area contributed by atoms with Crippen LogP contribution >= 0.6 is 0 Å². The smallest absolute Gasteiger partial charge is 0.252 e. The van der Waals surface area contributed by atoms with Crippen molar-refractivity contribution in [2.45, 2.75) is 57.2 Å². The predicted octanol–water partition coefficient (Wildman–Crippen LogP) is 4.95. The molecule has 39 heavy (non-hydrogen) atoms. The van der Waals surface area contributed by atoms with E-state index in [1.807, 2.05) is 37.8 Å². The number of hydrogen-bond donors (Lipinski definition) is 1. The first-order valence-corrected chi connectivity index (χ1v) is 14.1. The van der Waals surface area contributed by atoms with Crippen molar-refractivity contribution >= 4 is 22.5 Å². The molecule has 1 amide bonds. The largest absolute Gasteiger partial charge is 0.368 e. The second-order valence-electron chi connectivity index (χ2n) is 11.9. The van der Waals surface area contributed by atoms with Crippen LogP contribution in [0.5, 0.6) is 0 Å². The Balaban J connectivity index is 1.22. The number of amides is 1. The summed E-state index contributed by atoms with van der Waals surface area (Å²) in [5, 5.41) is 9.21. The van der Waals surface area contributed by atoms with Crippen LogP contribution in [0.15, 0.2) is 54.7 Å². The van der Waals surface area contributed by atoms with Gasteiger partial charge in [0.2, 0.25) is 0 Å². The van der Waals surface area contributed by atoms with Crippen molar-refractivity contribution < 1.29 is 4.79 Å². The number of carbonyl (C=O) groups excluding carboxylic acids is 1. The van der Waals surface area contributed by atoms with Gasteiger partial charge in [-0.1, -0.05) is 12.1 Å². The minimum atomic E-state index is -0.396. The highest BCUT2D eigenvalue weighted by atomic mass is 16.1. The zero-order valence-corrected chi connectivity index (χ0v) is 23.2. The fraction of sp³-hybridized carbons (Fsp3) is 0.406. The third-order valence-corrected chi connectivity index (χ3v) is 9.25. The van der Waals surface area contributed by atoms with Crippen molar-refractivity contribution in [2.75, 3.05) is 25.0 Å². The number of nitrogens with one attached hydrogen (secondary N) is 1. The molecule has 2 aliphatic heterocycles. The maximum atomic E-state index is 13.9. The van der Waals surface area contributed by atoms with Gasteiger partial charge in [-0.2, -0.15) is 5.10 Å². The summed E-state index contributed by atoms with van der Waals surface area (Å²) in [7, 11) is 4.19. The van der Waals surface area contributed by atoms with Gasteiger partial charge in [0.25, 0.3) is 5.91 Å². The summed E-state index contributed by atoms with van der Waals surface area (Å²) in [6, 6.07) is 18.2. The van der Waals surface area contributed by atoms with Crippen LogP contribution in [-0.4, -0.2) is 57.8 Å². The van der Waals surface area contributed by atoms with Gasteiger partial charge in [0, 0.05) is 66.3 Å². The predicted molar refractivity (Wildman–Crippen MR) is 155 cm³/mol. The highest BCUT2D eigenvalue weighted by Gasteiger charge is 2.47. The van der Waals surface area contributed by atoms with Crippen LogP contribution in [0.1, 0.15) is 52.9 Å². The Kier molecular flexibility index (Phi) is 5.56. The molecule has 2 aromatic heterocycles. The summed E-state index contributed by atoms with van der Waals surface area (Å²) in [4.78, 5) is 23.8. The molecule has 0 spiro atoms. The van der Waals surface area contributed by atoms with Gasteiger partial charge >= 0.3 is 0 Å². The van der Waals surface area contributed by atoms with Gasteiger partial charge in [-0.3, -0.25) is 19.4 Å². The molecule has 4 heterocycles. The van der Waals surface area contributed by atoms with E-state index in [0.29, 0.717) is 12.1 Å². The number of piperazine rings is 1. The molecular weight excluding hydrogens is 484 g/mol. The van der Waals surface area contributed by atoms with Gasteiger partial charge in [-0.15, -0.1) is 0 Å². The second-order valence-corrected chi connectivity index (χ2v) is 11.9. The Bertz CT molecular complexity index is 1590. The molecule has 2 bridgehead atoms. The third kappa shape index (κ3) is 4.20. The number of anilines is 1. The number of aromatic nitrogens is 3. The van der Waals surface area contributed by atoms with Crippen LogP contribution in [0, 0.1) is 13.8 Å². The fourth-order valence-electron chi connectivity index (χ4n) is 6.70. The summed E-state index contributed by atoms with van der Waals surface area (Å²) >= 11 is 0. The molecule has 3 aliphatic rings. The molecule has 7 heteroatoms. The standard InChI is InChI=1S/C32H36N6O/c1-20-5-7-23(38-18-24-8-9-25(19-38)37(24)4)17-27(20)31(39)34-32(12-13-32)28-15-22(29-11-14-36(3)35-29)16-30-26(28)10-6-21(2)33-30/h5-7,10-11,14-17,24-25H,8-9,12-13,18-19H2,1-4H3,(H,34,39). The zero-order valence-electron chi connectivity index (χ0n) is 23.2. The first-order chi connectivity index (χ1) is 18.8. The van der Waals surface area contributed by atoms with Crippen LogP contribution in [0.25, 0.3) is 22.2 Å². The number of rotatable bonds is 5. The van der Waals surface area contributed by atoms with Crippen LogP contribution in [0.2, 0.25) is 0 Å². The molecule has 0 radical (unpaired) electrons. The summed E-state index contributed by atoms with van der Waals surface area (Å²) in [5.41, 5.74) is 7.52. The quantitative estimate of drug-likeness (QED) is 0.403. The van der Waals surface area contributed by atoms with Gasteiger partial charge < -0.3 is 10.2 Å². The van der Waals surface area contributed by atoms with Gasteiger partial charge in [-0.25, -0.2) is 0 Å². The van der Waals surface area contributed by atoms with E-state index in [2.05, 4.69) is 69.7 Å². The molecule has 3 fully saturated rings. The molecule has 2 aromatic carbocycles. The van der Waals surface area contributed by atoms with Gasteiger partial charge in [0.05, 0.1) is 16.7 Å². The molecule has 2 unspecified atom stereocenters. The lowest BCUT2D eigenvalue weighted by Crippen LogP contribution is -2.52. The number of fused-ring (bicyclic) bond motifs is 3. The average molecular weight is 521 g/mol. The number of carbonyl (C=O) groups is 1. The van der Waals surface area contributed by atoms with E-state index in [0.717, 1.165) is 76.2 Å². The molecule has 2 atom stereocenters. The van der Waals surface area contributed by atoms with Crippen LogP contribution in [0.3, 0.4) is 0 Å². The number of nitrogens with zero attached hydrogens (tertiary/aromatic N) is 5. The Labute approximate surface area is 229 Å². The topological polar surface area (TPSA) is 66.3 Å². The normalized spacial score (nSPS) is 21.9. The molecule has 1 N–H and O–H groups in total. The lowest BCUT2D eigenvalue weighted by molar-refractivity contribution is 0.0930. The number of hydrogen-bond acceptors (Lipinski definition) is 5. The van der Waals surface area contributed by atoms with E-state index in [4.69, 9.17) is 4.98 Å². The van der Waals surface area contributed by atoms with E-state index < -0.39 is 5.54 Å². The molecule has 1 saturated carbocycles. The summed E-state index contributed by atoms with van der Waals surface area (Å²) < 4.78 is 1.82. The van der Waals surface area contributed by atoms with Crippen molar-refractivity contribution in [1.82, 2.24) is 25.0 Å². The molecule has 7 nitrogen and oxygen atoms in total. The minimum Gasteiger partial charge on any atom is -0.368 e. The van der Waals surface area contributed by atoms with Gasteiger partial charge in [-0.05, 0) is 94.1 Å². The van der Waals surface area contributed by atoms with Crippen molar-refractivity contribution in [2.24, 2.45) is 7.05 Å². The van der Waals surface area contributed by atoms with Crippen molar-refractivity contribution in [1.29, 1.82) is 0 Å². The Morgan fingerprint density at radius 2 is 1.74 bits per heavy atom. The van der Waals surface area contributed by atoms with Crippen LogP contribution in [0.4, 0.5) is 5.69 Å². The zero-order chi connectivity index (χ0) is 26.9. The summed E-state index contributed by atoms with van der Waals surface area (Å²) in [5.74, 6) is 0.000379. The molecule has 2 saturated heterocycles. The highest BCUT2D eigenvalue weighted by molar-refractivity contribution is 5.98. The number of pyridine rings is 1. The Hall–Kier alpha value is -3.71. The second kappa shape index (κ2) is 8.91. The van der Waals surface area contributed by atoms with Gasteiger partial charge in [0.1, 0.15) is 0 Å². The number of likely N-dealkylation sites (N-methyl/N-ethyl adjacent to an activating group) is 1. The van der Waals surface area contributed by atoms with E-state index >= 15 is 0 Å². The number of benzene rings is 2. The minimum absolute atomic E-state index is 0.000379. The average Bonchev–Trinajstić information content (AvgIpc) is 3.52. The maximum Gasteiger partial charge on any atom is 0.252 e. The first-order valence-electron chi connectivity index (χ1n) is 14.1. The maximum absolute atomic E-state index is 13.9. The molecular formula is C32H36N6O. The lowest BCUT2D eigenvalue weighted by atomic mass is 9.94. The molecule has 1 aliphatic carbocycles. The fourth-order valence-corrected chi connectivity index (χ4v) is 6.70. The molecule has 7 rings (SSSR count). The summed E-state index contributed by atoms with van der Waals surface area (Å²) in [6.45, 7) is 6.11. The van der Waals surface area contributed by atoms with E-state index in [1.54, 1.807) is 0 Å². The SMILES string of the molecule is Cc1ccc2c(C3(NC(=O)c4cc(N5CC6CCC(C5)N6C)ccc4C)CC3)cc(-c3ccn(C)n3)cc2n1. The van der Waals surface area contributed by atoms with Crippen LogP contribution in [-0.2, 0) is 12.6 Å². The highest BCUT2D eigenvalue weighted by Crippen LogP contribution is 2.49. The monoisotopic (exact) mass is 520 g/mol. The first kappa shape index (κ1) is 24.3. The Morgan fingerprint density at radius 3 is 2.44 bits per heavy atom. The van der Waals surface area contributed by atoms with Gasteiger partial charge in [0.15, 0.2) is 0 Å². The van der Waals surface area contributed by atoms with Crippen molar-refractivity contribution in [3.8, 4) is 11.3 Å². The summed E-state index contributed by atoms with van der Waals surface area (Å²) in [6.07, 6.45) is 6.31. The Morgan fingerprint density at radius 1 is 0.974 bits per heavy atom. The van der Waals surface area contributed by atoms with E-state index in [9.17, 15) is 4.79 Å². The molecule has 200 valence electrons. The van der Waals surface area contributed by atoms with Crippen molar-refractivity contribution in [3.63, 3.8) is 0 Å². The lowest BCUT2D eigenvalue weighted by Gasteiger charge is -2.40. The van der Waals surface area contributed by atoms with Crippen molar-refractivity contribution in [3.05, 3.63) is 77.1 Å². The van der Waals surface area contributed by atoms with E-state index in [1.165, 1.54) is 12.8 Å².